The lowest BCUT2D eigenvalue weighted by molar-refractivity contribution is 0.0598. The first-order valence-corrected chi connectivity index (χ1v) is 17.8. The number of carbonyl (C=O) groups excluding carboxylic acids is 1. The average molecular weight is 667 g/mol. The number of esters is 1. The van der Waals surface area contributed by atoms with E-state index in [1.165, 1.54) is 50.1 Å². The molecule has 3 saturated carbocycles. The van der Waals surface area contributed by atoms with E-state index >= 15 is 0 Å². The summed E-state index contributed by atoms with van der Waals surface area (Å²) >= 11 is 0. The highest BCUT2D eigenvalue weighted by Gasteiger charge is 2.27. The first-order chi connectivity index (χ1) is 24.4. The summed E-state index contributed by atoms with van der Waals surface area (Å²) in [5.74, 6) is 0.714. The molecule has 0 amide bonds. The van der Waals surface area contributed by atoms with Gasteiger partial charge in [0.15, 0.2) is 0 Å². The molecule has 2 N–H and O–H groups in total. The molecule has 0 atom stereocenters. The van der Waals surface area contributed by atoms with Gasteiger partial charge in [-0.15, -0.1) is 0 Å². The second-order valence-corrected chi connectivity index (χ2v) is 14.3. The zero-order valence-electron chi connectivity index (χ0n) is 28.4. The summed E-state index contributed by atoms with van der Waals surface area (Å²) in [6.45, 7) is 1.11. The Bertz CT molecular complexity index is 2200. The van der Waals surface area contributed by atoms with E-state index in [1.54, 1.807) is 0 Å². The number of nitrogens with one attached hydrogen (secondary N) is 1. The molecule has 8 nitrogen and oxygen atoms in total. The molecular weight excluding hydrogens is 624 g/mol. The maximum Gasteiger partial charge on any atom is 0.339 e. The lowest BCUT2D eigenvalue weighted by Gasteiger charge is -2.26. The van der Waals surface area contributed by atoms with Crippen molar-refractivity contribution in [2.24, 2.45) is 5.92 Å². The fourth-order valence-electron chi connectivity index (χ4n) is 7.12. The Hall–Kier alpha value is -5.24. The summed E-state index contributed by atoms with van der Waals surface area (Å²) in [7, 11) is 1.42. The van der Waals surface area contributed by atoms with Crippen molar-refractivity contribution >= 4 is 33.7 Å². The van der Waals surface area contributed by atoms with Crippen LogP contribution < -0.4 is 0 Å². The summed E-state index contributed by atoms with van der Waals surface area (Å²) in [5.41, 5.74) is 9.20. The fraction of sp³-hybridized carbons (Fsp3) is 0.333. The number of benzene rings is 2. The van der Waals surface area contributed by atoms with E-state index in [2.05, 4.69) is 68.2 Å². The third-order valence-corrected chi connectivity index (χ3v) is 10.6. The van der Waals surface area contributed by atoms with Crippen LogP contribution in [0.2, 0.25) is 0 Å². The van der Waals surface area contributed by atoms with Crippen molar-refractivity contribution in [3.05, 3.63) is 130 Å². The molecule has 3 fully saturated rings. The van der Waals surface area contributed by atoms with Gasteiger partial charge >= 0.3 is 11.9 Å². The van der Waals surface area contributed by atoms with Gasteiger partial charge in [0.1, 0.15) is 0 Å². The lowest BCUT2D eigenvalue weighted by Crippen LogP contribution is -2.17. The molecule has 4 heterocycles. The number of rotatable bonds is 10. The zero-order valence-corrected chi connectivity index (χ0v) is 28.4. The van der Waals surface area contributed by atoms with Crippen LogP contribution in [-0.2, 0) is 24.1 Å². The van der Waals surface area contributed by atoms with Crippen molar-refractivity contribution in [2.45, 2.75) is 76.2 Å². The first kappa shape index (κ1) is 32.0. The van der Waals surface area contributed by atoms with E-state index < -0.39 is 5.97 Å². The Morgan fingerprint density at radius 1 is 0.800 bits per heavy atom. The van der Waals surface area contributed by atoms with Gasteiger partial charge in [0.05, 0.1) is 29.6 Å². The molecule has 3 aliphatic rings. The summed E-state index contributed by atoms with van der Waals surface area (Å²) in [6.07, 6.45) is 17.8. The van der Waals surface area contributed by atoms with Crippen molar-refractivity contribution < 1.29 is 19.4 Å². The predicted octanol–water partition coefficient (Wildman–Crippen LogP) is 8.82. The highest BCUT2D eigenvalue weighted by molar-refractivity contribution is 5.91. The molecule has 4 aromatic heterocycles. The van der Waals surface area contributed by atoms with Gasteiger partial charge < -0.3 is 19.4 Å². The number of fused-ring (bicyclic) bond motifs is 2. The largest absolute Gasteiger partial charge is 0.478 e. The summed E-state index contributed by atoms with van der Waals surface area (Å²) in [5, 5.41) is 12.0. The number of carboxylic acids is 1. The molecule has 50 heavy (non-hydrogen) atoms. The molecule has 0 aliphatic heterocycles. The molecule has 0 bridgehead atoms. The minimum Gasteiger partial charge on any atom is -0.478 e. The van der Waals surface area contributed by atoms with Gasteiger partial charge in [-0.05, 0) is 138 Å². The minimum atomic E-state index is -0.882. The Balaban J connectivity index is 0.000000146. The Labute approximate surface area is 291 Å². The molecule has 0 spiro atoms. The van der Waals surface area contributed by atoms with Gasteiger partial charge in [-0.1, -0.05) is 18.6 Å². The number of H-pyrrole nitrogens is 1. The molecule has 3 aliphatic carbocycles. The SMILES string of the molecule is COC(=O)c1cc(C2CC2)cnc1Cc1ccc2[nH]ccc2c1.O=C(O)c1cc(C2CC2)cnc1Cc1ccc2c(ccn2CC2CCC2)c1. The van der Waals surface area contributed by atoms with Crippen LogP contribution in [0.5, 0.6) is 0 Å². The zero-order chi connectivity index (χ0) is 34.2. The molecule has 8 heteroatoms. The van der Waals surface area contributed by atoms with Crippen LogP contribution in [-0.4, -0.2) is 43.7 Å². The van der Waals surface area contributed by atoms with Gasteiger partial charge in [0.25, 0.3) is 0 Å². The van der Waals surface area contributed by atoms with Crippen LogP contribution in [0.15, 0.2) is 85.5 Å². The van der Waals surface area contributed by atoms with E-state index in [4.69, 9.17) is 4.74 Å². The maximum atomic E-state index is 12.1. The third kappa shape index (κ3) is 6.93. The van der Waals surface area contributed by atoms with Crippen molar-refractivity contribution in [1.82, 2.24) is 19.5 Å². The number of carboxylic acid groups (broad SMARTS) is 1. The number of ether oxygens (including phenoxy) is 1. The van der Waals surface area contributed by atoms with Crippen LogP contribution in [0.1, 0.15) is 111 Å². The second kappa shape index (κ2) is 13.6. The number of aromatic nitrogens is 4. The molecule has 6 aromatic rings. The van der Waals surface area contributed by atoms with Gasteiger partial charge in [-0.3, -0.25) is 9.97 Å². The molecule has 0 saturated heterocycles. The Morgan fingerprint density at radius 2 is 1.44 bits per heavy atom. The molecular formula is C42H42N4O4. The number of aromatic amines is 1. The van der Waals surface area contributed by atoms with E-state index in [0.717, 1.165) is 64.2 Å². The van der Waals surface area contributed by atoms with E-state index in [1.807, 2.05) is 36.8 Å². The number of aromatic carboxylic acids is 1. The number of methoxy groups -OCH3 is 1. The summed E-state index contributed by atoms with van der Waals surface area (Å²) < 4.78 is 7.30. The lowest BCUT2D eigenvalue weighted by atomic mass is 9.85. The normalized spacial score (nSPS) is 15.8. The number of hydrogen-bond donors (Lipinski definition) is 2. The standard InChI is InChI=1S/C23H24N2O2.C19H18N2O2/c26-23(27)20-12-19(17-5-6-17)13-24-21(20)11-16-4-7-22-18(10-16)8-9-25(22)14-15-2-1-3-15;1-23-19(22)16-10-15(13-3-4-13)11-21-18(16)9-12-2-5-17-14(8-12)6-7-20-17/h4,7-10,12-13,15,17H,1-3,5-6,11,14H2,(H,26,27);2,5-8,10-11,13,20H,3-4,9H2,1H3. The quantitative estimate of drug-likeness (QED) is 0.141. The summed E-state index contributed by atoms with van der Waals surface area (Å²) in [4.78, 5) is 36.1. The van der Waals surface area contributed by atoms with E-state index in [-0.39, 0.29) is 5.97 Å². The monoisotopic (exact) mass is 666 g/mol. The van der Waals surface area contributed by atoms with Crippen LogP contribution in [0, 0.1) is 5.92 Å². The van der Waals surface area contributed by atoms with Crippen molar-refractivity contribution in [3.63, 3.8) is 0 Å². The van der Waals surface area contributed by atoms with Gasteiger partial charge in [-0.25, -0.2) is 9.59 Å². The fourth-order valence-corrected chi connectivity index (χ4v) is 7.12. The number of carbonyl (C=O) groups is 2. The minimum absolute atomic E-state index is 0.308. The molecule has 9 rings (SSSR count). The Kier molecular flexibility index (Phi) is 8.69. The van der Waals surface area contributed by atoms with Crippen LogP contribution in [0.25, 0.3) is 21.8 Å². The highest BCUT2D eigenvalue weighted by atomic mass is 16.5. The maximum absolute atomic E-state index is 12.1. The number of hydrogen-bond acceptors (Lipinski definition) is 5. The molecule has 254 valence electrons. The van der Waals surface area contributed by atoms with Crippen molar-refractivity contribution in [2.75, 3.05) is 7.11 Å². The smallest absolute Gasteiger partial charge is 0.339 e. The topological polar surface area (TPSA) is 110 Å². The van der Waals surface area contributed by atoms with Gasteiger partial charge in [0, 0.05) is 55.2 Å². The van der Waals surface area contributed by atoms with Gasteiger partial charge in [-0.2, -0.15) is 0 Å². The van der Waals surface area contributed by atoms with E-state index in [0.29, 0.717) is 41.5 Å². The number of nitrogens with zero attached hydrogens (tertiary/aromatic N) is 3. The molecule has 0 radical (unpaired) electrons. The molecule has 0 unspecified atom stereocenters. The second-order valence-electron chi connectivity index (χ2n) is 14.3. The predicted molar refractivity (Wildman–Crippen MR) is 194 cm³/mol. The first-order valence-electron chi connectivity index (χ1n) is 17.8. The van der Waals surface area contributed by atoms with Crippen molar-refractivity contribution in [3.8, 4) is 0 Å². The summed E-state index contributed by atoms with van der Waals surface area (Å²) in [6, 6.07) is 20.7. The highest BCUT2D eigenvalue weighted by Crippen LogP contribution is 2.41. The molecule has 2 aromatic carbocycles. The van der Waals surface area contributed by atoms with Gasteiger partial charge in [0.2, 0.25) is 0 Å². The van der Waals surface area contributed by atoms with Crippen molar-refractivity contribution in [1.29, 1.82) is 0 Å². The third-order valence-electron chi connectivity index (χ3n) is 10.6. The average Bonchev–Trinajstić information content (AvgIpc) is 4.05. The van der Waals surface area contributed by atoms with Crippen LogP contribution in [0.3, 0.4) is 0 Å². The van der Waals surface area contributed by atoms with Crippen LogP contribution >= 0.6 is 0 Å². The van der Waals surface area contributed by atoms with Crippen LogP contribution in [0.4, 0.5) is 0 Å². The van der Waals surface area contributed by atoms with E-state index in [9.17, 15) is 14.7 Å². The Morgan fingerprint density at radius 3 is 2.06 bits per heavy atom. The number of pyridine rings is 2.